The van der Waals surface area contributed by atoms with E-state index in [4.69, 9.17) is 4.42 Å². The van der Waals surface area contributed by atoms with Crippen molar-refractivity contribution in [3.63, 3.8) is 0 Å². The molecule has 4 rings (SSSR count). The van der Waals surface area contributed by atoms with Crippen molar-refractivity contribution in [2.24, 2.45) is 11.8 Å². The summed E-state index contributed by atoms with van der Waals surface area (Å²) >= 11 is 0. The van der Waals surface area contributed by atoms with Gasteiger partial charge in [0.25, 0.3) is 0 Å². The second-order valence-electron chi connectivity index (χ2n) is 7.65. The Morgan fingerprint density at radius 1 is 1.07 bits per heavy atom. The maximum absolute atomic E-state index is 13.1. The minimum absolute atomic E-state index is 0.190. The molecule has 2 heterocycles. The minimum Gasteiger partial charge on any atom is -0.467 e. The van der Waals surface area contributed by atoms with Gasteiger partial charge in [-0.25, -0.2) is 0 Å². The molecule has 1 aliphatic heterocycles. The predicted octanol–water partition coefficient (Wildman–Crippen LogP) is 3.30. The molecule has 6 heteroatoms. The zero-order valence-electron chi connectivity index (χ0n) is 16.0. The van der Waals surface area contributed by atoms with Crippen LogP contribution in [0.25, 0.3) is 0 Å². The molecule has 2 atom stereocenters. The molecule has 1 aromatic carbocycles. The number of carbonyl (C=O) groups is 3. The second-order valence-corrected chi connectivity index (χ2v) is 7.65. The molecule has 1 saturated carbocycles. The summed E-state index contributed by atoms with van der Waals surface area (Å²) in [6.07, 6.45) is 4.99. The topological polar surface area (TPSA) is 70.8 Å². The van der Waals surface area contributed by atoms with Crippen LogP contribution in [-0.2, 0) is 20.9 Å². The quantitative estimate of drug-likeness (QED) is 0.746. The van der Waals surface area contributed by atoms with Gasteiger partial charge >= 0.3 is 0 Å². The molecule has 2 aliphatic rings. The molecule has 6 nitrogen and oxygen atoms in total. The van der Waals surface area contributed by atoms with Gasteiger partial charge in [0.15, 0.2) is 0 Å². The van der Waals surface area contributed by atoms with Crippen LogP contribution in [-0.4, -0.2) is 29.2 Å². The molecule has 2 aromatic rings. The summed E-state index contributed by atoms with van der Waals surface area (Å²) in [5.41, 5.74) is 1.80. The Bertz CT molecular complexity index is 848. The molecule has 2 unspecified atom stereocenters. The Labute approximate surface area is 164 Å². The maximum Gasteiger partial charge on any atom is 0.247 e. The second kappa shape index (κ2) is 7.62. The number of nitrogens with zero attached hydrogens (tertiary/aromatic N) is 2. The normalized spacial score (nSPS) is 21.7. The lowest BCUT2D eigenvalue weighted by molar-refractivity contribution is -0.143. The highest BCUT2D eigenvalue weighted by Crippen LogP contribution is 2.38. The van der Waals surface area contributed by atoms with E-state index in [2.05, 4.69) is 0 Å². The number of hydrogen-bond donors (Lipinski definition) is 0. The highest BCUT2D eigenvalue weighted by atomic mass is 16.3. The van der Waals surface area contributed by atoms with Gasteiger partial charge in [-0.2, -0.15) is 0 Å². The number of likely N-dealkylation sites (tertiary alicyclic amines) is 1. The van der Waals surface area contributed by atoms with E-state index in [1.807, 2.05) is 31.2 Å². The summed E-state index contributed by atoms with van der Waals surface area (Å²) in [5, 5.41) is 0. The molecule has 2 fully saturated rings. The van der Waals surface area contributed by atoms with Crippen LogP contribution >= 0.6 is 0 Å². The van der Waals surface area contributed by atoms with Crippen LogP contribution in [0.3, 0.4) is 0 Å². The van der Waals surface area contributed by atoms with E-state index >= 15 is 0 Å². The number of carbonyl (C=O) groups excluding carboxylic acids is 3. The molecule has 0 spiro atoms. The monoisotopic (exact) mass is 380 g/mol. The Balaban J connectivity index is 1.56. The third-order valence-corrected chi connectivity index (χ3v) is 5.77. The molecule has 1 saturated heterocycles. The minimum atomic E-state index is -0.291. The van der Waals surface area contributed by atoms with E-state index in [1.165, 1.54) is 4.90 Å². The predicted molar refractivity (Wildman–Crippen MR) is 103 cm³/mol. The van der Waals surface area contributed by atoms with Gasteiger partial charge in [-0.1, -0.05) is 30.5 Å². The van der Waals surface area contributed by atoms with E-state index in [0.717, 1.165) is 31.2 Å². The van der Waals surface area contributed by atoms with Crippen LogP contribution < -0.4 is 4.90 Å². The molecule has 3 amide bonds. The fraction of sp³-hybridized carbons (Fsp3) is 0.409. The van der Waals surface area contributed by atoms with Gasteiger partial charge in [-0.05, 0) is 44.0 Å². The van der Waals surface area contributed by atoms with Gasteiger partial charge in [0.1, 0.15) is 12.3 Å². The van der Waals surface area contributed by atoms with Crippen molar-refractivity contribution in [2.75, 3.05) is 11.4 Å². The number of imide groups is 1. The SMILES string of the molecule is Cc1ccc(N(Cc2ccco2)C(=O)CN2C(=O)C3CCCCC3C2=O)cc1. The lowest BCUT2D eigenvalue weighted by atomic mass is 9.81. The highest BCUT2D eigenvalue weighted by molar-refractivity contribution is 6.09. The molecule has 28 heavy (non-hydrogen) atoms. The summed E-state index contributed by atoms with van der Waals surface area (Å²) in [6, 6.07) is 11.2. The standard InChI is InChI=1S/C22H24N2O4/c1-15-8-10-16(11-9-15)23(13-17-5-4-12-28-17)20(25)14-24-21(26)18-6-2-3-7-19(18)22(24)27/h4-5,8-12,18-19H,2-3,6-7,13-14H2,1H3. The maximum atomic E-state index is 13.1. The van der Waals surface area contributed by atoms with Crippen LogP contribution in [0.1, 0.15) is 37.0 Å². The zero-order valence-corrected chi connectivity index (χ0v) is 16.0. The Morgan fingerprint density at radius 3 is 2.29 bits per heavy atom. The number of furan rings is 1. The molecule has 1 aromatic heterocycles. The molecule has 0 N–H and O–H groups in total. The Kier molecular flexibility index (Phi) is 5.03. The van der Waals surface area contributed by atoms with E-state index < -0.39 is 0 Å². The lowest BCUT2D eigenvalue weighted by Crippen LogP contribution is -2.43. The van der Waals surface area contributed by atoms with Crippen LogP contribution in [0.15, 0.2) is 47.1 Å². The van der Waals surface area contributed by atoms with E-state index in [0.29, 0.717) is 11.4 Å². The number of hydrogen-bond acceptors (Lipinski definition) is 4. The summed E-state index contributed by atoms with van der Waals surface area (Å²) in [7, 11) is 0. The number of rotatable bonds is 5. The van der Waals surface area contributed by atoms with Crippen molar-refractivity contribution >= 4 is 23.4 Å². The van der Waals surface area contributed by atoms with Crippen molar-refractivity contribution in [1.82, 2.24) is 4.90 Å². The zero-order chi connectivity index (χ0) is 19.7. The first-order valence-corrected chi connectivity index (χ1v) is 9.79. The fourth-order valence-corrected chi connectivity index (χ4v) is 4.21. The van der Waals surface area contributed by atoms with E-state index in [-0.39, 0.29) is 42.6 Å². The van der Waals surface area contributed by atoms with Crippen LogP contribution in [0.5, 0.6) is 0 Å². The third-order valence-electron chi connectivity index (χ3n) is 5.77. The average molecular weight is 380 g/mol. The van der Waals surface area contributed by atoms with Gasteiger partial charge < -0.3 is 9.32 Å². The number of anilines is 1. The Hall–Kier alpha value is -2.89. The highest BCUT2D eigenvalue weighted by Gasteiger charge is 2.48. The van der Waals surface area contributed by atoms with Gasteiger partial charge in [-0.3, -0.25) is 19.3 Å². The molecule has 1 aliphatic carbocycles. The van der Waals surface area contributed by atoms with Crippen LogP contribution in [0.2, 0.25) is 0 Å². The van der Waals surface area contributed by atoms with Crippen molar-refractivity contribution in [2.45, 2.75) is 39.2 Å². The average Bonchev–Trinajstić information content (AvgIpc) is 3.30. The summed E-state index contributed by atoms with van der Waals surface area (Å²) in [6.45, 7) is 2.00. The summed E-state index contributed by atoms with van der Waals surface area (Å²) in [4.78, 5) is 41.3. The molecule has 0 radical (unpaired) electrons. The first-order valence-electron chi connectivity index (χ1n) is 9.79. The molecular weight excluding hydrogens is 356 g/mol. The van der Waals surface area contributed by atoms with Gasteiger partial charge in [-0.15, -0.1) is 0 Å². The number of fused-ring (bicyclic) bond motifs is 1. The van der Waals surface area contributed by atoms with Crippen molar-refractivity contribution in [3.8, 4) is 0 Å². The summed E-state index contributed by atoms with van der Waals surface area (Å²) < 4.78 is 5.41. The number of amides is 3. The van der Waals surface area contributed by atoms with Crippen LogP contribution in [0, 0.1) is 18.8 Å². The third kappa shape index (κ3) is 3.46. The fourth-order valence-electron chi connectivity index (χ4n) is 4.21. The Morgan fingerprint density at radius 2 is 1.71 bits per heavy atom. The number of benzene rings is 1. The van der Waals surface area contributed by atoms with Gasteiger partial charge in [0.2, 0.25) is 17.7 Å². The van der Waals surface area contributed by atoms with E-state index in [1.54, 1.807) is 23.3 Å². The van der Waals surface area contributed by atoms with Crippen molar-refractivity contribution < 1.29 is 18.8 Å². The first-order chi connectivity index (χ1) is 13.5. The van der Waals surface area contributed by atoms with Crippen molar-refractivity contribution in [3.05, 3.63) is 54.0 Å². The van der Waals surface area contributed by atoms with Gasteiger partial charge in [0.05, 0.1) is 24.6 Å². The summed E-state index contributed by atoms with van der Waals surface area (Å²) in [5.74, 6) is -0.518. The first kappa shape index (κ1) is 18.5. The van der Waals surface area contributed by atoms with Crippen molar-refractivity contribution in [1.29, 1.82) is 0 Å². The lowest BCUT2D eigenvalue weighted by Gasteiger charge is -2.24. The largest absolute Gasteiger partial charge is 0.467 e. The molecule has 146 valence electrons. The molecular formula is C22H24N2O4. The molecule has 0 bridgehead atoms. The number of aryl methyl sites for hydroxylation is 1. The van der Waals surface area contributed by atoms with Crippen LogP contribution in [0.4, 0.5) is 5.69 Å². The smallest absolute Gasteiger partial charge is 0.247 e. The van der Waals surface area contributed by atoms with E-state index in [9.17, 15) is 14.4 Å². The van der Waals surface area contributed by atoms with Gasteiger partial charge in [0, 0.05) is 5.69 Å².